The number of para-hydroxylation sites is 1. The number of ether oxygens (including phenoxy) is 2. The molecule has 3 nitrogen and oxygen atoms in total. The molecule has 0 atom stereocenters. The molecule has 0 spiro atoms. The molecular weight excluding hydrogens is 238 g/mol. The third-order valence-corrected chi connectivity index (χ3v) is 3.88. The monoisotopic (exact) mass is 263 g/mol. The lowest BCUT2D eigenvalue weighted by atomic mass is 10.0. The summed E-state index contributed by atoms with van der Waals surface area (Å²) in [7, 11) is 1.78. The summed E-state index contributed by atoms with van der Waals surface area (Å²) in [6.07, 6.45) is 3.83. The summed E-state index contributed by atoms with van der Waals surface area (Å²) < 4.78 is 10.8. The van der Waals surface area contributed by atoms with E-state index in [2.05, 4.69) is 17.4 Å². The van der Waals surface area contributed by atoms with Crippen LogP contribution < -0.4 is 10.1 Å². The topological polar surface area (TPSA) is 30.5 Å². The second kappa shape index (κ2) is 6.92. The van der Waals surface area contributed by atoms with Crippen molar-refractivity contribution in [2.75, 3.05) is 26.9 Å². The normalized spacial score (nSPS) is 16.3. The molecule has 0 unspecified atom stereocenters. The van der Waals surface area contributed by atoms with Crippen molar-refractivity contribution < 1.29 is 9.47 Å². The van der Waals surface area contributed by atoms with Crippen LogP contribution in [0.2, 0.25) is 0 Å². The fraction of sp³-hybridized carbons (Fsp3) is 0.625. The van der Waals surface area contributed by atoms with Crippen molar-refractivity contribution in [1.29, 1.82) is 0 Å². The lowest BCUT2D eigenvalue weighted by Gasteiger charge is -2.16. The molecule has 0 bridgehead atoms. The zero-order valence-corrected chi connectivity index (χ0v) is 12.1. The summed E-state index contributed by atoms with van der Waals surface area (Å²) >= 11 is 0. The summed E-state index contributed by atoms with van der Waals surface area (Å²) in [6, 6.07) is 8.26. The Morgan fingerprint density at radius 1 is 1.26 bits per heavy atom. The molecule has 0 heterocycles. The second-order valence-corrected chi connectivity index (χ2v) is 5.39. The minimum absolute atomic E-state index is 0.497. The summed E-state index contributed by atoms with van der Waals surface area (Å²) in [5.41, 5.74) is 1.74. The molecule has 0 radical (unpaired) electrons. The maximum absolute atomic E-state index is 5.64. The van der Waals surface area contributed by atoms with Crippen molar-refractivity contribution in [1.82, 2.24) is 5.32 Å². The Bertz CT molecular complexity index is 388. The molecule has 1 aliphatic rings. The number of methoxy groups -OCH3 is 1. The zero-order valence-electron chi connectivity index (χ0n) is 12.1. The molecule has 1 fully saturated rings. The van der Waals surface area contributed by atoms with E-state index in [4.69, 9.17) is 9.47 Å². The zero-order chi connectivity index (χ0) is 13.6. The van der Waals surface area contributed by atoms with E-state index < -0.39 is 0 Å². The van der Waals surface area contributed by atoms with Crippen molar-refractivity contribution >= 4 is 0 Å². The maximum Gasteiger partial charge on any atom is 0.123 e. The first-order chi connectivity index (χ1) is 9.29. The first kappa shape index (κ1) is 14.4. The fourth-order valence-corrected chi connectivity index (χ4v) is 2.42. The number of rotatable bonds is 9. The van der Waals surface area contributed by atoms with Crippen LogP contribution in [-0.4, -0.2) is 26.9 Å². The first-order valence-electron chi connectivity index (χ1n) is 7.20. The van der Waals surface area contributed by atoms with E-state index in [-0.39, 0.29) is 0 Å². The maximum atomic E-state index is 5.64. The van der Waals surface area contributed by atoms with Gasteiger partial charge in [0.15, 0.2) is 0 Å². The average molecular weight is 263 g/mol. The summed E-state index contributed by atoms with van der Waals surface area (Å²) in [5.74, 6) is 0.999. The van der Waals surface area contributed by atoms with Crippen LogP contribution in [-0.2, 0) is 11.3 Å². The van der Waals surface area contributed by atoms with Crippen molar-refractivity contribution in [3.05, 3.63) is 29.8 Å². The van der Waals surface area contributed by atoms with Gasteiger partial charge >= 0.3 is 0 Å². The summed E-state index contributed by atoms with van der Waals surface area (Å²) in [4.78, 5) is 0. The largest absolute Gasteiger partial charge is 0.494 e. The third kappa shape index (κ3) is 4.22. The molecule has 0 amide bonds. The number of hydrogen-bond donors (Lipinski definition) is 1. The molecule has 1 N–H and O–H groups in total. The number of nitrogens with one attached hydrogen (secondary N) is 1. The van der Waals surface area contributed by atoms with Crippen LogP contribution >= 0.6 is 0 Å². The Balaban J connectivity index is 1.79. The van der Waals surface area contributed by atoms with Gasteiger partial charge in [-0.3, -0.25) is 0 Å². The highest BCUT2D eigenvalue weighted by atomic mass is 16.5. The molecule has 106 valence electrons. The summed E-state index contributed by atoms with van der Waals surface area (Å²) in [6.45, 7) is 5.57. The second-order valence-electron chi connectivity index (χ2n) is 5.39. The van der Waals surface area contributed by atoms with E-state index in [9.17, 15) is 0 Å². The molecule has 0 aliphatic heterocycles. The predicted molar refractivity (Wildman–Crippen MR) is 77.5 cm³/mol. The van der Waals surface area contributed by atoms with E-state index >= 15 is 0 Å². The minimum Gasteiger partial charge on any atom is -0.494 e. The van der Waals surface area contributed by atoms with Crippen LogP contribution in [0.15, 0.2) is 24.3 Å². The highest BCUT2D eigenvalue weighted by Crippen LogP contribution is 2.48. The van der Waals surface area contributed by atoms with Gasteiger partial charge in [0.25, 0.3) is 0 Å². The molecule has 1 aliphatic carbocycles. The van der Waals surface area contributed by atoms with Crippen molar-refractivity contribution in [2.24, 2.45) is 5.41 Å². The minimum atomic E-state index is 0.497. The fourth-order valence-electron chi connectivity index (χ4n) is 2.42. The smallest absolute Gasteiger partial charge is 0.123 e. The highest BCUT2D eigenvalue weighted by molar-refractivity contribution is 5.33. The van der Waals surface area contributed by atoms with E-state index in [1.807, 2.05) is 19.1 Å². The molecular formula is C16H25NO2. The number of hydrogen-bond acceptors (Lipinski definition) is 3. The molecule has 0 aromatic heterocycles. The van der Waals surface area contributed by atoms with Crippen LogP contribution in [0.4, 0.5) is 0 Å². The van der Waals surface area contributed by atoms with Crippen LogP contribution in [0.25, 0.3) is 0 Å². The molecule has 19 heavy (non-hydrogen) atoms. The van der Waals surface area contributed by atoms with Gasteiger partial charge in [-0.1, -0.05) is 18.2 Å². The van der Waals surface area contributed by atoms with Gasteiger partial charge in [0, 0.05) is 32.4 Å². The molecule has 2 rings (SSSR count). The number of benzene rings is 1. The van der Waals surface area contributed by atoms with E-state index in [1.165, 1.54) is 24.8 Å². The third-order valence-electron chi connectivity index (χ3n) is 3.88. The van der Waals surface area contributed by atoms with Gasteiger partial charge in [0.1, 0.15) is 5.75 Å². The highest BCUT2D eigenvalue weighted by Gasteiger charge is 2.41. The van der Waals surface area contributed by atoms with Gasteiger partial charge in [-0.25, -0.2) is 0 Å². The molecule has 1 aromatic rings. The van der Waals surface area contributed by atoms with Crippen molar-refractivity contribution in [3.63, 3.8) is 0 Å². The van der Waals surface area contributed by atoms with Gasteiger partial charge in [-0.05, 0) is 37.7 Å². The predicted octanol–water partition coefficient (Wildman–Crippen LogP) is 2.99. The van der Waals surface area contributed by atoms with Crippen LogP contribution in [0.5, 0.6) is 5.75 Å². The van der Waals surface area contributed by atoms with Gasteiger partial charge < -0.3 is 14.8 Å². The first-order valence-corrected chi connectivity index (χ1v) is 7.20. The lowest BCUT2D eigenvalue weighted by Crippen LogP contribution is -2.24. The molecule has 1 saturated carbocycles. The van der Waals surface area contributed by atoms with Gasteiger partial charge in [0.2, 0.25) is 0 Å². The summed E-state index contributed by atoms with van der Waals surface area (Å²) in [5, 5.41) is 3.58. The quantitative estimate of drug-likeness (QED) is 0.743. The lowest BCUT2D eigenvalue weighted by molar-refractivity contribution is 0.171. The van der Waals surface area contributed by atoms with Crippen LogP contribution in [0.3, 0.4) is 0 Å². The Morgan fingerprint density at radius 3 is 2.74 bits per heavy atom. The van der Waals surface area contributed by atoms with Crippen LogP contribution in [0.1, 0.15) is 31.7 Å². The van der Waals surface area contributed by atoms with Crippen LogP contribution in [0, 0.1) is 5.41 Å². The van der Waals surface area contributed by atoms with Crippen molar-refractivity contribution in [3.8, 4) is 5.75 Å². The van der Waals surface area contributed by atoms with E-state index in [1.54, 1.807) is 7.11 Å². The van der Waals surface area contributed by atoms with E-state index in [0.29, 0.717) is 5.41 Å². The van der Waals surface area contributed by atoms with Gasteiger partial charge in [-0.15, -0.1) is 0 Å². The van der Waals surface area contributed by atoms with Crippen molar-refractivity contribution in [2.45, 2.75) is 32.7 Å². The SMILES string of the molecule is CCOc1ccccc1CNCC1(CCOC)CC1. The average Bonchev–Trinajstić information content (AvgIpc) is 3.19. The van der Waals surface area contributed by atoms with Gasteiger partial charge in [-0.2, -0.15) is 0 Å². The Kier molecular flexibility index (Phi) is 5.23. The molecule has 0 saturated heterocycles. The van der Waals surface area contributed by atoms with E-state index in [0.717, 1.165) is 32.1 Å². The standard InChI is InChI=1S/C16H25NO2/c1-3-19-15-7-5-4-6-14(15)12-17-13-16(8-9-16)10-11-18-2/h4-7,17H,3,8-13H2,1-2H3. The molecule has 3 heteroatoms. The Hall–Kier alpha value is -1.06. The Labute approximate surface area is 116 Å². The van der Waals surface area contributed by atoms with Gasteiger partial charge in [0.05, 0.1) is 6.61 Å². The Morgan fingerprint density at radius 2 is 2.05 bits per heavy atom. The molecule has 1 aromatic carbocycles.